The average molecular weight is 372 g/mol. The fourth-order valence-corrected chi connectivity index (χ4v) is 5.18. The molecule has 4 nitrogen and oxygen atoms in total. The molecule has 6 heteroatoms. The normalized spacial score (nSPS) is 18.3. The minimum atomic E-state index is 0.119. The first-order chi connectivity index (χ1) is 12.2. The molecule has 0 aromatic carbocycles. The van der Waals surface area contributed by atoms with Gasteiger partial charge in [0, 0.05) is 25.5 Å². The lowest BCUT2D eigenvalue weighted by Gasteiger charge is -2.30. The number of aryl methyl sites for hydroxylation is 1. The van der Waals surface area contributed by atoms with E-state index >= 15 is 0 Å². The summed E-state index contributed by atoms with van der Waals surface area (Å²) in [6, 6.07) is 8.42. The molecular weight excluding hydrogens is 350 g/mol. The van der Waals surface area contributed by atoms with E-state index in [0.29, 0.717) is 0 Å². The molecule has 1 aliphatic rings. The van der Waals surface area contributed by atoms with Crippen LogP contribution in [0.25, 0.3) is 9.88 Å². The van der Waals surface area contributed by atoms with Gasteiger partial charge < -0.3 is 9.47 Å². The summed E-state index contributed by atoms with van der Waals surface area (Å²) in [6.07, 6.45) is 8.26. The lowest BCUT2D eigenvalue weighted by atomic mass is 10.1. The summed E-state index contributed by atoms with van der Waals surface area (Å²) in [5.41, 5.74) is 1.22. The molecule has 1 atom stereocenters. The Bertz CT molecular complexity index is 850. The van der Waals surface area contributed by atoms with E-state index in [0.717, 1.165) is 34.1 Å². The van der Waals surface area contributed by atoms with E-state index in [2.05, 4.69) is 45.9 Å². The molecule has 0 saturated carbocycles. The Labute approximate surface area is 155 Å². The lowest BCUT2D eigenvalue weighted by molar-refractivity contribution is 0.0679. The van der Waals surface area contributed by atoms with Crippen LogP contribution in [0.15, 0.2) is 42.0 Å². The zero-order chi connectivity index (χ0) is 17.2. The molecule has 130 valence electrons. The van der Waals surface area contributed by atoms with Gasteiger partial charge in [-0.2, -0.15) is 0 Å². The first kappa shape index (κ1) is 16.5. The minimum Gasteiger partial charge on any atom is -0.353 e. The molecule has 0 spiro atoms. The molecule has 3 aromatic heterocycles. The Hall–Kier alpha value is -1.92. The predicted octanol–water partition coefficient (Wildman–Crippen LogP) is 4.97. The van der Waals surface area contributed by atoms with Gasteiger partial charge in [-0.3, -0.25) is 4.79 Å². The second kappa shape index (κ2) is 7.14. The van der Waals surface area contributed by atoms with Crippen LogP contribution in [0.2, 0.25) is 0 Å². The van der Waals surface area contributed by atoms with Crippen LogP contribution < -0.4 is 0 Å². The summed E-state index contributed by atoms with van der Waals surface area (Å²) < 4.78 is 2.14. The Balaban J connectivity index is 1.63. The fraction of sp³-hybridized carbons (Fsp3) is 0.368. The molecule has 4 rings (SSSR count). The van der Waals surface area contributed by atoms with E-state index in [1.165, 1.54) is 29.9 Å². The number of aromatic nitrogens is 2. The van der Waals surface area contributed by atoms with Gasteiger partial charge in [0.25, 0.3) is 5.91 Å². The number of likely N-dealkylation sites (tertiary alicyclic amines) is 1. The smallest absolute Gasteiger partial charge is 0.266 e. The molecule has 3 aromatic rings. The number of thiophene rings is 1. The molecule has 1 unspecified atom stereocenters. The van der Waals surface area contributed by atoms with Crippen LogP contribution >= 0.6 is 22.7 Å². The van der Waals surface area contributed by atoms with E-state index in [9.17, 15) is 4.79 Å². The van der Waals surface area contributed by atoms with Crippen molar-refractivity contribution in [1.82, 2.24) is 14.5 Å². The third-order valence-corrected chi connectivity index (χ3v) is 6.81. The molecule has 1 fully saturated rings. The SMILES string of the molecule is Cn1cccc1C1CCCCCN1C(=O)c1cnc(-c2cccs2)s1. The maximum atomic E-state index is 13.2. The molecule has 1 saturated heterocycles. The van der Waals surface area contributed by atoms with Gasteiger partial charge in [0.05, 0.1) is 17.1 Å². The van der Waals surface area contributed by atoms with Crippen molar-refractivity contribution in [3.63, 3.8) is 0 Å². The van der Waals surface area contributed by atoms with Gasteiger partial charge in [-0.1, -0.05) is 18.9 Å². The van der Waals surface area contributed by atoms with Crippen molar-refractivity contribution < 1.29 is 4.79 Å². The van der Waals surface area contributed by atoms with Crippen LogP contribution in [-0.2, 0) is 7.05 Å². The number of amides is 1. The topological polar surface area (TPSA) is 38.1 Å². The highest BCUT2D eigenvalue weighted by Gasteiger charge is 2.30. The van der Waals surface area contributed by atoms with Crippen LogP contribution in [0.4, 0.5) is 0 Å². The van der Waals surface area contributed by atoms with Crippen LogP contribution in [0, 0.1) is 0 Å². The molecule has 0 N–H and O–H groups in total. The quantitative estimate of drug-likeness (QED) is 0.652. The Morgan fingerprint density at radius 1 is 1.24 bits per heavy atom. The van der Waals surface area contributed by atoms with Gasteiger partial charge in [0.1, 0.15) is 9.88 Å². The van der Waals surface area contributed by atoms with Crippen molar-refractivity contribution in [1.29, 1.82) is 0 Å². The van der Waals surface area contributed by atoms with E-state index in [1.54, 1.807) is 17.5 Å². The van der Waals surface area contributed by atoms with E-state index in [-0.39, 0.29) is 11.9 Å². The lowest BCUT2D eigenvalue weighted by Crippen LogP contribution is -2.35. The van der Waals surface area contributed by atoms with E-state index in [4.69, 9.17) is 0 Å². The maximum Gasteiger partial charge on any atom is 0.266 e. The summed E-state index contributed by atoms with van der Waals surface area (Å²) in [6.45, 7) is 0.820. The predicted molar refractivity (Wildman–Crippen MR) is 103 cm³/mol. The molecule has 0 aliphatic carbocycles. The number of thiazole rings is 1. The van der Waals surface area contributed by atoms with Crippen molar-refractivity contribution >= 4 is 28.6 Å². The van der Waals surface area contributed by atoms with Crippen LogP contribution in [0.1, 0.15) is 47.1 Å². The first-order valence-electron chi connectivity index (χ1n) is 8.66. The molecule has 1 amide bonds. The summed E-state index contributed by atoms with van der Waals surface area (Å²) in [7, 11) is 2.06. The van der Waals surface area contributed by atoms with Crippen molar-refractivity contribution in [2.24, 2.45) is 7.05 Å². The molecule has 25 heavy (non-hydrogen) atoms. The molecule has 4 heterocycles. The van der Waals surface area contributed by atoms with Crippen LogP contribution in [-0.4, -0.2) is 26.9 Å². The summed E-state index contributed by atoms with van der Waals surface area (Å²) in [5.74, 6) is 0.119. The van der Waals surface area contributed by atoms with Gasteiger partial charge in [-0.25, -0.2) is 4.98 Å². The highest BCUT2D eigenvalue weighted by atomic mass is 32.1. The van der Waals surface area contributed by atoms with E-state index in [1.807, 2.05) is 11.4 Å². The molecular formula is C19H21N3OS2. The van der Waals surface area contributed by atoms with Crippen LogP contribution in [0.3, 0.4) is 0 Å². The average Bonchev–Trinajstić information content (AvgIpc) is 3.33. The van der Waals surface area contributed by atoms with Gasteiger partial charge in [0.2, 0.25) is 0 Å². The fourth-order valence-electron chi connectivity index (χ4n) is 3.51. The highest BCUT2D eigenvalue weighted by Crippen LogP contribution is 2.34. The van der Waals surface area contributed by atoms with Gasteiger partial charge >= 0.3 is 0 Å². The van der Waals surface area contributed by atoms with Crippen LogP contribution in [0.5, 0.6) is 0 Å². The standard InChI is InChI=1S/C19H21N3OS2/c1-21-10-5-8-14(21)15-7-3-2-4-11-22(15)19(23)17-13-20-18(25-17)16-9-6-12-24-16/h5-6,8-10,12-13,15H,2-4,7,11H2,1H3. The number of nitrogens with zero attached hydrogens (tertiary/aromatic N) is 3. The maximum absolute atomic E-state index is 13.2. The second-order valence-corrected chi connectivity index (χ2v) is 8.39. The van der Waals surface area contributed by atoms with Crippen molar-refractivity contribution in [3.8, 4) is 9.88 Å². The van der Waals surface area contributed by atoms with Crippen molar-refractivity contribution in [3.05, 3.63) is 52.6 Å². The largest absolute Gasteiger partial charge is 0.353 e. The number of carbonyl (C=O) groups is 1. The van der Waals surface area contributed by atoms with Gasteiger partial charge in [0.15, 0.2) is 0 Å². The highest BCUT2D eigenvalue weighted by molar-refractivity contribution is 7.21. The number of rotatable bonds is 3. The zero-order valence-electron chi connectivity index (χ0n) is 14.2. The number of hydrogen-bond acceptors (Lipinski definition) is 4. The molecule has 1 aliphatic heterocycles. The van der Waals surface area contributed by atoms with Gasteiger partial charge in [-0.05, 0) is 36.4 Å². The Morgan fingerprint density at radius 3 is 2.92 bits per heavy atom. The zero-order valence-corrected chi connectivity index (χ0v) is 15.9. The van der Waals surface area contributed by atoms with Crippen molar-refractivity contribution in [2.75, 3.05) is 6.54 Å². The first-order valence-corrected chi connectivity index (χ1v) is 10.4. The van der Waals surface area contributed by atoms with E-state index < -0.39 is 0 Å². The second-order valence-electron chi connectivity index (χ2n) is 6.41. The minimum absolute atomic E-state index is 0.119. The molecule has 0 bridgehead atoms. The van der Waals surface area contributed by atoms with Gasteiger partial charge in [-0.15, -0.1) is 22.7 Å². The Kier molecular flexibility index (Phi) is 4.72. The molecule has 0 radical (unpaired) electrons. The summed E-state index contributed by atoms with van der Waals surface area (Å²) >= 11 is 3.16. The third-order valence-electron chi connectivity index (χ3n) is 4.79. The monoisotopic (exact) mass is 371 g/mol. The number of hydrogen-bond donors (Lipinski definition) is 0. The number of carbonyl (C=O) groups excluding carboxylic acids is 1. The summed E-state index contributed by atoms with van der Waals surface area (Å²) in [5, 5.41) is 2.97. The third kappa shape index (κ3) is 3.28. The van der Waals surface area contributed by atoms with Crippen molar-refractivity contribution in [2.45, 2.75) is 31.7 Å². The Morgan fingerprint density at radius 2 is 2.16 bits per heavy atom. The summed E-state index contributed by atoms with van der Waals surface area (Å²) in [4.78, 5) is 21.7.